The minimum atomic E-state index is -3.45. The van der Waals surface area contributed by atoms with Gasteiger partial charge in [-0.2, -0.15) is 14.3 Å². The summed E-state index contributed by atoms with van der Waals surface area (Å²) in [5.74, 6) is 2.35. The van der Waals surface area contributed by atoms with Crippen molar-refractivity contribution in [1.29, 1.82) is 0 Å². The van der Waals surface area contributed by atoms with Gasteiger partial charge in [0, 0.05) is 43.0 Å². The van der Waals surface area contributed by atoms with Crippen LogP contribution < -0.4 is 10.2 Å². The molecule has 1 aliphatic carbocycles. The second-order valence-corrected chi connectivity index (χ2v) is 12.6. The number of aromatic nitrogens is 7. The van der Waals surface area contributed by atoms with Gasteiger partial charge < -0.3 is 15.3 Å². The highest BCUT2D eigenvalue weighted by molar-refractivity contribution is 7.90. The summed E-state index contributed by atoms with van der Waals surface area (Å²) in [6, 6.07) is 3.81. The fourth-order valence-electron chi connectivity index (χ4n) is 4.61. The topological polar surface area (TPSA) is 144 Å². The van der Waals surface area contributed by atoms with Crippen LogP contribution in [0.2, 0.25) is 0 Å². The number of aliphatic hydroxyl groups excluding tert-OH is 1. The predicted octanol–water partition coefficient (Wildman–Crippen LogP) is 2.57. The van der Waals surface area contributed by atoms with Crippen molar-refractivity contribution in [2.45, 2.75) is 44.9 Å². The summed E-state index contributed by atoms with van der Waals surface area (Å²) in [4.78, 5) is 15.6. The first-order valence-electron chi connectivity index (χ1n) is 12.3. The molecule has 1 saturated heterocycles. The van der Waals surface area contributed by atoms with Crippen molar-refractivity contribution in [1.82, 2.24) is 33.9 Å². The monoisotopic (exact) mass is 523 g/mol. The van der Waals surface area contributed by atoms with E-state index in [-0.39, 0.29) is 23.3 Å². The Balaban J connectivity index is 1.27. The van der Waals surface area contributed by atoms with Gasteiger partial charge in [-0.15, -0.1) is 0 Å². The van der Waals surface area contributed by atoms with Crippen LogP contribution in [0.5, 0.6) is 0 Å². The zero-order valence-corrected chi connectivity index (χ0v) is 21.7. The van der Waals surface area contributed by atoms with Gasteiger partial charge in [-0.05, 0) is 32.8 Å². The molecule has 0 amide bonds. The largest absolute Gasteiger partial charge is 0.396 e. The Morgan fingerprint density at radius 3 is 2.68 bits per heavy atom. The van der Waals surface area contributed by atoms with Crippen molar-refractivity contribution >= 4 is 38.4 Å². The van der Waals surface area contributed by atoms with E-state index in [1.165, 1.54) is 12.4 Å². The average Bonchev–Trinajstić information content (AvgIpc) is 3.48. The number of fused-ring (bicyclic) bond motifs is 1. The summed E-state index contributed by atoms with van der Waals surface area (Å²) in [5.41, 5.74) is 1.36. The molecule has 6 rings (SSSR count). The number of nitrogens with one attached hydrogen (secondary N) is 1. The first-order valence-corrected chi connectivity index (χ1v) is 13.8. The summed E-state index contributed by atoms with van der Waals surface area (Å²) in [7, 11) is -3.45. The van der Waals surface area contributed by atoms with Gasteiger partial charge in [0.2, 0.25) is 0 Å². The van der Waals surface area contributed by atoms with Crippen molar-refractivity contribution in [3.8, 4) is 11.4 Å². The summed E-state index contributed by atoms with van der Waals surface area (Å²) >= 11 is 0. The van der Waals surface area contributed by atoms with E-state index in [0.29, 0.717) is 35.9 Å². The van der Waals surface area contributed by atoms with Crippen LogP contribution in [-0.2, 0) is 10.0 Å². The summed E-state index contributed by atoms with van der Waals surface area (Å²) < 4.78 is 27.9. The molecule has 0 radical (unpaired) electrons. The van der Waals surface area contributed by atoms with Gasteiger partial charge in [-0.1, -0.05) is 6.92 Å². The number of aliphatic hydroxyl groups is 1. The zero-order chi connectivity index (χ0) is 25.9. The van der Waals surface area contributed by atoms with Gasteiger partial charge in [0.05, 0.1) is 40.7 Å². The second-order valence-electron chi connectivity index (χ2n) is 10.5. The minimum Gasteiger partial charge on any atom is -0.396 e. The van der Waals surface area contributed by atoms with E-state index in [1.807, 2.05) is 16.9 Å². The highest BCUT2D eigenvalue weighted by atomic mass is 32.2. The summed E-state index contributed by atoms with van der Waals surface area (Å²) in [5, 5.41) is 22.4. The molecule has 0 unspecified atom stereocenters. The van der Waals surface area contributed by atoms with E-state index < -0.39 is 10.0 Å². The Hall–Kier alpha value is -3.58. The van der Waals surface area contributed by atoms with Gasteiger partial charge in [0.15, 0.2) is 11.6 Å². The van der Waals surface area contributed by atoms with E-state index in [9.17, 15) is 13.5 Å². The zero-order valence-electron chi connectivity index (χ0n) is 20.9. The molecule has 194 valence electrons. The van der Waals surface area contributed by atoms with Crippen LogP contribution >= 0.6 is 0 Å². The number of nitrogens with zero attached hydrogens (tertiary/aromatic N) is 8. The smallest absolute Gasteiger partial charge is 0.256 e. The Morgan fingerprint density at radius 1 is 1.19 bits per heavy atom. The Bertz CT molecular complexity index is 1580. The highest BCUT2D eigenvalue weighted by Gasteiger charge is 2.40. The molecule has 0 atom stereocenters. The normalized spacial score (nSPS) is 17.4. The van der Waals surface area contributed by atoms with E-state index >= 15 is 0 Å². The van der Waals surface area contributed by atoms with Crippen LogP contribution in [0, 0.1) is 5.41 Å². The molecule has 0 bridgehead atoms. The third kappa shape index (κ3) is 4.21. The maximum atomic E-state index is 12.5. The molecule has 2 aliphatic rings. The number of pyridine rings is 1. The standard InChI is InChI=1S/C24H29N9O3S/c1-15(2)33-19-8-21(26-10-18(19)23(30-33)31-12-24(3,13-31)14-34)28-20-6-7-25-22(29-20)16-9-27-32(11-16)37(35,36)17-4-5-17/h6-11,15,17,34H,4-5,12-14H2,1-3H3,(H,25,26,28,29). The first kappa shape index (κ1) is 23.8. The maximum absolute atomic E-state index is 12.5. The molecular weight excluding hydrogens is 494 g/mol. The van der Waals surface area contributed by atoms with Crippen molar-refractivity contribution in [2.24, 2.45) is 5.41 Å². The average molecular weight is 524 g/mol. The Labute approximate surface area is 214 Å². The van der Waals surface area contributed by atoms with Crippen molar-refractivity contribution in [2.75, 3.05) is 29.9 Å². The second kappa shape index (κ2) is 8.48. The molecule has 13 heteroatoms. The molecule has 12 nitrogen and oxygen atoms in total. The van der Waals surface area contributed by atoms with Crippen LogP contribution in [-0.4, -0.2) is 72.4 Å². The van der Waals surface area contributed by atoms with Crippen molar-refractivity contribution in [3.05, 3.63) is 36.9 Å². The molecule has 0 aromatic carbocycles. The van der Waals surface area contributed by atoms with Crippen LogP contribution in [0.15, 0.2) is 36.9 Å². The fraction of sp³-hybridized carbons (Fsp3) is 0.458. The highest BCUT2D eigenvalue weighted by Crippen LogP contribution is 2.38. The molecule has 37 heavy (non-hydrogen) atoms. The van der Waals surface area contributed by atoms with Crippen LogP contribution in [0.3, 0.4) is 0 Å². The fourth-order valence-corrected chi connectivity index (χ4v) is 6.09. The maximum Gasteiger partial charge on any atom is 0.256 e. The van der Waals surface area contributed by atoms with Gasteiger partial charge >= 0.3 is 0 Å². The van der Waals surface area contributed by atoms with Crippen LogP contribution in [0.1, 0.15) is 39.7 Å². The molecule has 4 aromatic heterocycles. The van der Waals surface area contributed by atoms with Crippen molar-refractivity contribution in [3.63, 3.8) is 0 Å². The molecule has 2 N–H and O–H groups in total. The first-order chi connectivity index (χ1) is 17.7. The number of hydrogen-bond acceptors (Lipinski definition) is 10. The molecule has 0 spiro atoms. The molecule has 1 aliphatic heterocycles. The number of anilines is 3. The van der Waals surface area contributed by atoms with Crippen molar-refractivity contribution < 1.29 is 13.5 Å². The van der Waals surface area contributed by atoms with E-state index in [0.717, 1.165) is 33.9 Å². The lowest BCUT2D eigenvalue weighted by atomic mass is 9.83. The number of hydrogen-bond donors (Lipinski definition) is 2. The molecule has 5 heterocycles. The molecule has 4 aromatic rings. The SMILES string of the molecule is CC(C)n1nc(N2CC(C)(CO)C2)c2cnc(Nc3ccnc(-c4cnn(S(=O)(=O)C5CC5)c4)n3)cc21. The predicted molar refractivity (Wildman–Crippen MR) is 139 cm³/mol. The molecule has 1 saturated carbocycles. The number of rotatable bonds is 8. The van der Waals surface area contributed by atoms with Gasteiger partial charge in [0.25, 0.3) is 10.0 Å². The Morgan fingerprint density at radius 2 is 1.97 bits per heavy atom. The minimum absolute atomic E-state index is 0.105. The lowest BCUT2D eigenvalue weighted by molar-refractivity contribution is 0.110. The lowest BCUT2D eigenvalue weighted by Gasteiger charge is -2.47. The van der Waals surface area contributed by atoms with E-state index in [2.05, 4.69) is 51.0 Å². The van der Waals surface area contributed by atoms with Crippen LogP contribution in [0.25, 0.3) is 22.3 Å². The molecular formula is C24H29N9O3S. The third-order valence-corrected chi connectivity index (χ3v) is 8.86. The van der Waals surface area contributed by atoms with Gasteiger partial charge in [0.1, 0.15) is 11.6 Å². The summed E-state index contributed by atoms with van der Waals surface area (Å²) in [6.45, 7) is 7.87. The van der Waals surface area contributed by atoms with Crippen LogP contribution in [0.4, 0.5) is 17.5 Å². The van der Waals surface area contributed by atoms with Gasteiger partial charge in [-0.3, -0.25) is 4.68 Å². The lowest BCUT2D eigenvalue weighted by Crippen LogP contribution is -2.57. The van der Waals surface area contributed by atoms with E-state index in [1.54, 1.807) is 12.3 Å². The molecule has 2 fully saturated rings. The van der Waals surface area contributed by atoms with E-state index in [4.69, 9.17) is 5.10 Å². The Kier molecular flexibility index (Phi) is 5.46. The summed E-state index contributed by atoms with van der Waals surface area (Å²) in [6.07, 6.45) is 7.67. The quantitative estimate of drug-likeness (QED) is 0.353. The van der Waals surface area contributed by atoms with Gasteiger partial charge in [-0.25, -0.2) is 23.4 Å². The third-order valence-electron chi connectivity index (χ3n) is 6.82.